The quantitative estimate of drug-likeness (QED) is 0.486. The largest absolute Gasteiger partial charge is 0.465 e. The second-order valence-electron chi connectivity index (χ2n) is 5.69. The van der Waals surface area contributed by atoms with Gasteiger partial charge in [-0.1, -0.05) is 0 Å². The Kier molecular flexibility index (Phi) is 5.78. The number of aromatic nitrogens is 1. The molecule has 8 nitrogen and oxygen atoms in total. The molecule has 1 aromatic carbocycles. The van der Waals surface area contributed by atoms with Gasteiger partial charge in [0.25, 0.3) is 5.91 Å². The van der Waals surface area contributed by atoms with Crippen LogP contribution in [0.3, 0.4) is 0 Å². The predicted octanol–water partition coefficient (Wildman–Crippen LogP) is 1.98. The highest BCUT2D eigenvalue weighted by atomic mass is 16.5. The highest BCUT2D eigenvalue weighted by molar-refractivity contribution is 6.08. The van der Waals surface area contributed by atoms with Gasteiger partial charge in [0.1, 0.15) is 11.6 Å². The van der Waals surface area contributed by atoms with Crippen LogP contribution in [0.4, 0.5) is 4.79 Å². The number of nitrogens with one attached hydrogen (secondary N) is 1. The molecule has 2 rings (SSSR count). The lowest BCUT2D eigenvalue weighted by Crippen LogP contribution is -2.35. The van der Waals surface area contributed by atoms with Crippen LogP contribution in [0.2, 0.25) is 0 Å². The number of nitrogens with zero attached hydrogens (tertiary/aromatic N) is 2. The fourth-order valence-electron chi connectivity index (χ4n) is 2.68. The van der Waals surface area contributed by atoms with Crippen LogP contribution in [-0.2, 0) is 9.53 Å². The normalized spacial score (nSPS) is 10.8. The number of amides is 3. The van der Waals surface area contributed by atoms with Gasteiger partial charge in [0.15, 0.2) is 0 Å². The minimum absolute atomic E-state index is 0.241. The van der Waals surface area contributed by atoms with Gasteiger partial charge in [0.05, 0.1) is 12.7 Å². The third-order valence-corrected chi connectivity index (χ3v) is 3.92. The van der Waals surface area contributed by atoms with Crippen molar-refractivity contribution < 1.29 is 19.1 Å². The lowest BCUT2D eigenvalue weighted by Gasteiger charge is -2.10. The SMILES string of the molecule is COC(=O)c1ccc(-n2c(C)cc(/C=C(/C#N)C(=O)NC(N)=O)c2C)cc1. The van der Waals surface area contributed by atoms with Crippen molar-refractivity contribution in [2.45, 2.75) is 13.8 Å². The van der Waals surface area contributed by atoms with Gasteiger partial charge in [-0.05, 0) is 55.8 Å². The standard InChI is InChI=1S/C19H18N4O4/c1-11-8-14(9-15(10-20)17(24)22-19(21)26)12(2)23(11)16-6-4-13(5-7-16)18(25)27-3/h4-9H,1-3H3,(H3,21,22,24,26)/b15-9-. The Balaban J connectivity index is 2.43. The van der Waals surface area contributed by atoms with E-state index in [1.54, 1.807) is 36.4 Å². The maximum absolute atomic E-state index is 11.8. The summed E-state index contributed by atoms with van der Waals surface area (Å²) >= 11 is 0. The number of aryl methyl sites for hydroxylation is 1. The maximum atomic E-state index is 11.8. The van der Waals surface area contributed by atoms with Gasteiger partial charge in [-0.15, -0.1) is 0 Å². The highest BCUT2D eigenvalue weighted by Crippen LogP contribution is 2.23. The molecule has 0 unspecified atom stereocenters. The number of methoxy groups -OCH3 is 1. The van der Waals surface area contributed by atoms with E-state index in [-0.39, 0.29) is 5.57 Å². The molecule has 0 fully saturated rings. The average molecular weight is 366 g/mol. The van der Waals surface area contributed by atoms with Crippen molar-refractivity contribution in [3.05, 3.63) is 58.4 Å². The zero-order valence-corrected chi connectivity index (χ0v) is 15.1. The van der Waals surface area contributed by atoms with Crippen LogP contribution in [0.1, 0.15) is 27.3 Å². The Bertz CT molecular complexity index is 978. The molecular formula is C19H18N4O4. The van der Waals surface area contributed by atoms with Crippen molar-refractivity contribution in [1.82, 2.24) is 9.88 Å². The van der Waals surface area contributed by atoms with Crippen molar-refractivity contribution in [2.75, 3.05) is 7.11 Å². The van der Waals surface area contributed by atoms with Crippen LogP contribution < -0.4 is 11.1 Å². The molecule has 1 aromatic heterocycles. The van der Waals surface area contributed by atoms with Gasteiger partial charge in [0.2, 0.25) is 0 Å². The lowest BCUT2D eigenvalue weighted by atomic mass is 10.1. The Labute approximate surface area is 155 Å². The maximum Gasteiger partial charge on any atom is 0.337 e. The number of carbonyl (C=O) groups excluding carboxylic acids is 3. The van der Waals surface area contributed by atoms with E-state index >= 15 is 0 Å². The Hall–Kier alpha value is -3.86. The van der Waals surface area contributed by atoms with E-state index in [1.807, 2.05) is 23.7 Å². The van der Waals surface area contributed by atoms with E-state index in [2.05, 4.69) is 4.74 Å². The van der Waals surface area contributed by atoms with Gasteiger partial charge in [-0.3, -0.25) is 10.1 Å². The van der Waals surface area contributed by atoms with E-state index in [9.17, 15) is 19.6 Å². The average Bonchev–Trinajstić information content (AvgIpc) is 2.91. The van der Waals surface area contributed by atoms with E-state index in [1.165, 1.54) is 13.2 Å². The van der Waals surface area contributed by atoms with E-state index in [0.29, 0.717) is 11.1 Å². The molecule has 0 aliphatic heterocycles. The number of nitrogens with two attached hydrogens (primary N) is 1. The smallest absolute Gasteiger partial charge is 0.337 e. The number of benzene rings is 1. The number of urea groups is 1. The molecule has 0 saturated heterocycles. The minimum Gasteiger partial charge on any atom is -0.465 e. The molecule has 27 heavy (non-hydrogen) atoms. The van der Waals surface area contributed by atoms with Crippen LogP contribution in [0.25, 0.3) is 11.8 Å². The summed E-state index contributed by atoms with van der Waals surface area (Å²) in [5.41, 5.74) is 8.18. The van der Waals surface area contributed by atoms with E-state index < -0.39 is 17.9 Å². The first-order chi connectivity index (χ1) is 12.8. The first-order valence-electron chi connectivity index (χ1n) is 7.88. The van der Waals surface area contributed by atoms with Gasteiger partial charge in [-0.2, -0.15) is 5.26 Å². The van der Waals surface area contributed by atoms with Gasteiger partial charge < -0.3 is 15.0 Å². The summed E-state index contributed by atoms with van der Waals surface area (Å²) in [6.07, 6.45) is 1.39. The monoisotopic (exact) mass is 366 g/mol. The molecule has 0 saturated carbocycles. The Morgan fingerprint density at radius 2 is 1.85 bits per heavy atom. The number of imide groups is 1. The van der Waals surface area contributed by atoms with Crippen LogP contribution in [0.5, 0.6) is 0 Å². The van der Waals surface area contributed by atoms with Gasteiger partial charge >= 0.3 is 12.0 Å². The Morgan fingerprint density at radius 1 is 1.22 bits per heavy atom. The molecule has 1 heterocycles. The number of hydrogen-bond acceptors (Lipinski definition) is 5. The molecule has 138 valence electrons. The van der Waals surface area contributed by atoms with Crippen LogP contribution in [0.15, 0.2) is 35.9 Å². The number of ether oxygens (including phenoxy) is 1. The molecule has 0 aliphatic carbocycles. The summed E-state index contributed by atoms with van der Waals surface area (Å²) in [6.45, 7) is 3.70. The topological polar surface area (TPSA) is 127 Å². The number of esters is 1. The summed E-state index contributed by atoms with van der Waals surface area (Å²) in [6, 6.07) is 9.37. The molecule has 0 atom stereocenters. The van der Waals surface area contributed by atoms with E-state index in [4.69, 9.17) is 5.73 Å². The lowest BCUT2D eigenvalue weighted by molar-refractivity contribution is -0.115. The summed E-state index contributed by atoms with van der Waals surface area (Å²) < 4.78 is 6.60. The van der Waals surface area contributed by atoms with Gasteiger partial charge in [0, 0.05) is 17.1 Å². The molecule has 0 spiro atoms. The molecular weight excluding hydrogens is 348 g/mol. The number of nitriles is 1. The third-order valence-electron chi connectivity index (χ3n) is 3.92. The molecule has 8 heteroatoms. The van der Waals surface area contributed by atoms with Crippen molar-refractivity contribution in [3.8, 4) is 11.8 Å². The van der Waals surface area contributed by atoms with Crippen molar-refractivity contribution in [1.29, 1.82) is 5.26 Å². The second kappa shape index (κ2) is 8.01. The first-order valence-corrected chi connectivity index (χ1v) is 7.88. The zero-order chi connectivity index (χ0) is 20.1. The van der Waals surface area contributed by atoms with Crippen molar-refractivity contribution in [2.24, 2.45) is 5.73 Å². The zero-order valence-electron chi connectivity index (χ0n) is 15.1. The molecule has 0 bridgehead atoms. The molecule has 3 amide bonds. The number of hydrogen-bond donors (Lipinski definition) is 2. The van der Waals surface area contributed by atoms with Crippen LogP contribution in [-0.4, -0.2) is 29.6 Å². The first kappa shape index (κ1) is 19.5. The third kappa shape index (κ3) is 4.22. The minimum atomic E-state index is -1.03. The number of carbonyl (C=O) groups is 3. The number of primary amides is 1. The number of rotatable bonds is 4. The molecule has 3 N–H and O–H groups in total. The van der Waals surface area contributed by atoms with Gasteiger partial charge in [-0.25, -0.2) is 9.59 Å². The fourth-order valence-corrected chi connectivity index (χ4v) is 2.68. The second-order valence-corrected chi connectivity index (χ2v) is 5.69. The summed E-state index contributed by atoms with van der Waals surface area (Å²) in [5.74, 6) is -1.29. The summed E-state index contributed by atoms with van der Waals surface area (Å²) in [5, 5.41) is 11.0. The molecule has 0 aliphatic rings. The molecule has 2 aromatic rings. The van der Waals surface area contributed by atoms with Crippen molar-refractivity contribution in [3.63, 3.8) is 0 Å². The summed E-state index contributed by atoms with van der Waals surface area (Å²) in [4.78, 5) is 34.2. The Morgan fingerprint density at radius 3 is 2.37 bits per heavy atom. The highest BCUT2D eigenvalue weighted by Gasteiger charge is 2.15. The molecule has 0 radical (unpaired) electrons. The van der Waals surface area contributed by atoms with Crippen LogP contribution >= 0.6 is 0 Å². The van der Waals surface area contributed by atoms with Crippen molar-refractivity contribution >= 4 is 24.0 Å². The van der Waals surface area contributed by atoms with E-state index in [0.717, 1.165) is 17.1 Å². The summed E-state index contributed by atoms with van der Waals surface area (Å²) in [7, 11) is 1.32. The van der Waals surface area contributed by atoms with Crippen LogP contribution in [0, 0.1) is 25.2 Å². The predicted molar refractivity (Wildman–Crippen MR) is 97.9 cm³/mol. The fraction of sp³-hybridized carbons (Fsp3) is 0.158.